The van der Waals surface area contributed by atoms with Crippen LogP contribution in [0.3, 0.4) is 0 Å². The zero-order valence-corrected chi connectivity index (χ0v) is 8.34. The van der Waals surface area contributed by atoms with Crippen molar-refractivity contribution >= 4 is 16.9 Å². The second-order valence-corrected chi connectivity index (χ2v) is 3.26. The van der Waals surface area contributed by atoms with E-state index in [1.165, 1.54) is 24.9 Å². The molecule has 0 N–H and O–H groups in total. The fourth-order valence-corrected chi connectivity index (χ4v) is 1.29. The van der Waals surface area contributed by atoms with E-state index in [0.29, 0.717) is 5.65 Å². The fraction of sp³-hybridized carbons (Fsp3) is 0.375. The average Bonchev–Trinajstić information content (AvgIpc) is 2.55. The molecule has 7 heteroatoms. The van der Waals surface area contributed by atoms with E-state index in [1.54, 1.807) is 0 Å². The number of ketones is 1. The molecule has 0 bridgehead atoms. The van der Waals surface area contributed by atoms with Crippen molar-refractivity contribution in [2.24, 2.45) is 7.05 Å². The summed E-state index contributed by atoms with van der Waals surface area (Å²) < 4.78 is 2.61. The van der Waals surface area contributed by atoms with Crippen LogP contribution in [0.2, 0.25) is 0 Å². The minimum atomic E-state index is -0.317. The minimum Gasteiger partial charge on any atom is -0.306 e. The highest BCUT2D eigenvalue weighted by atomic mass is 16.1. The predicted octanol–water partition coefficient (Wildman–Crippen LogP) is -0.886. The minimum absolute atomic E-state index is 0.0308. The second kappa shape index (κ2) is 3.26. The van der Waals surface area contributed by atoms with Crippen molar-refractivity contribution in [3.63, 3.8) is 0 Å². The van der Waals surface area contributed by atoms with Crippen LogP contribution in [0, 0.1) is 0 Å². The highest BCUT2D eigenvalue weighted by Gasteiger charge is 2.10. The van der Waals surface area contributed by atoms with Gasteiger partial charge >= 0.3 is 0 Å². The summed E-state index contributed by atoms with van der Waals surface area (Å²) in [7, 11) is 1.50. The summed E-state index contributed by atoms with van der Waals surface area (Å²) in [6, 6.07) is 0. The zero-order chi connectivity index (χ0) is 11.0. The molecule has 15 heavy (non-hydrogen) atoms. The summed E-state index contributed by atoms with van der Waals surface area (Å²) in [5.41, 5.74) is 0.254. The number of aryl methyl sites for hydroxylation is 1. The molecule has 0 aliphatic heterocycles. The standard InChI is InChI=1S/C8H9N5O2/c1-5(14)3-13-4-9-6-7(13)10-11-12(2)8(6)15/h4H,3H2,1-2H3. The first kappa shape index (κ1) is 9.50. The van der Waals surface area contributed by atoms with Crippen LogP contribution in [-0.2, 0) is 18.4 Å². The van der Waals surface area contributed by atoms with Crippen LogP contribution in [0.1, 0.15) is 6.92 Å². The number of carbonyl (C=O) groups excluding carboxylic acids is 1. The second-order valence-electron chi connectivity index (χ2n) is 3.26. The van der Waals surface area contributed by atoms with E-state index in [1.807, 2.05) is 0 Å². The van der Waals surface area contributed by atoms with Gasteiger partial charge in [0, 0.05) is 7.05 Å². The molecular weight excluding hydrogens is 198 g/mol. The van der Waals surface area contributed by atoms with E-state index in [-0.39, 0.29) is 23.4 Å². The summed E-state index contributed by atoms with van der Waals surface area (Å²) >= 11 is 0. The summed E-state index contributed by atoms with van der Waals surface area (Å²) in [6.07, 6.45) is 1.42. The van der Waals surface area contributed by atoms with E-state index in [9.17, 15) is 9.59 Å². The number of rotatable bonds is 2. The van der Waals surface area contributed by atoms with Gasteiger partial charge in [0.25, 0.3) is 5.56 Å². The number of hydrogen-bond donors (Lipinski definition) is 0. The van der Waals surface area contributed by atoms with E-state index in [2.05, 4.69) is 15.3 Å². The SMILES string of the molecule is CC(=O)Cn1cnc2c(=O)n(C)nnc21. The number of hydrogen-bond acceptors (Lipinski definition) is 5. The Morgan fingerprint density at radius 2 is 2.27 bits per heavy atom. The summed E-state index contributed by atoms with van der Waals surface area (Å²) in [5, 5.41) is 7.44. The number of Topliss-reactive ketones (excluding diaryl/α,β-unsaturated/α-hetero) is 1. The lowest BCUT2D eigenvalue weighted by Gasteiger charge is -1.98. The van der Waals surface area contributed by atoms with Crippen LogP contribution >= 0.6 is 0 Å². The van der Waals surface area contributed by atoms with E-state index >= 15 is 0 Å². The summed E-state index contributed by atoms with van der Waals surface area (Å²) in [6.45, 7) is 1.61. The third kappa shape index (κ3) is 1.51. The highest BCUT2D eigenvalue weighted by Crippen LogP contribution is 2.02. The maximum atomic E-state index is 11.5. The van der Waals surface area contributed by atoms with E-state index in [4.69, 9.17) is 0 Å². The molecular formula is C8H9N5O2. The van der Waals surface area contributed by atoms with E-state index < -0.39 is 0 Å². The molecule has 0 radical (unpaired) electrons. The van der Waals surface area contributed by atoms with Crippen molar-refractivity contribution in [2.75, 3.05) is 0 Å². The van der Waals surface area contributed by atoms with Crippen molar-refractivity contribution in [1.82, 2.24) is 24.5 Å². The molecule has 2 aromatic rings. The Balaban J connectivity index is 2.67. The first-order chi connectivity index (χ1) is 7.09. The smallest absolute Gasteiger partial charge is 0.297 e. The summed E-state index contributed by atoms with van der Waals surface area (Å²) in [4.78, 5) is 26.4. The average molecular weight is 207 g/mol. The molecule has 0 spiro atoms. The van der Waals surface area contributed by atoms with Crippen LogP contribution in [-0.4, -0.2) is 30.3 Å². The number of nitrogens with zero attached hydrogens (tertiary/aromatic N) is 5. The van der Waals surface area contributed by atoms with Gasteiger partial charge in [-0.1, -0.05) is 5.21 Å². The topological polar surface area (TPSA) is 82.7 Å². The van der Waals surface area contributed by atoms with E-state index in [0.717, 1.165) is 4.68 Å². The first-order valence-electron chi connectivity index (χ1n) is 4.34. The molecule has 0 atom stereocenters. The fourth-order valence-electron chi connectivity index (χ4n) is 1.29. The van der Waals surface area contributed by atoms with Crippen molar-refractivity contribution in [1.29, 1.82) is 0 Å². The van der Waals surface area contributed by atoms with Crippen molar-refractivity contribution in [3.05, 3.63) is 16.7 Å². The molecule has 2 aromatic heterocycles. The Labute approximate surface area is 84.3 Å². The Morgan fingerprint density at radius 1 is 1.53 bits per heavy atom. The molecule has 0 aliphatic carbocycles. The van der Waals surface area contributed by atoms with Crippen LogP contribution in [0.25, 0.3) is 11.2 Å². The van der Waals surface area contributed by atoms with Gasteiger partial charge in [0.2, 0.25) is 0 Å². The van der Waals surface area contributed by atoms with Crippen LogP contribution in [0.4, 0.5) is 0 Å². The predicted molar refractivity (Wildman–Crippen MR) is 51.2 cm³/mol. The Hall–Kier alpha value is -2.05. The van der Waals surface area contributed by atoms with Gasteiger partial charge in [-0.2, -0.15) is 0 Å². The van der Waals surface area contributed by atoms with Crippen LogP contribution < -0.4 is 5.56 Å². The lowest BCUT2D eigenvalue weighted by Crippen LogP contribution is -2.21. The maximum Gasteiger partial charge on any atom is 0.297 e. The molecule has 0 aliphatic rings. The van der Waals surface area contributed by atoms with Gasteiger partial charge in [0.05, 0.1) is 12.9 Å². The Kier molecular flexibility index (Phi) is 2.07. The Morgan fingerprint density at radius 3 is 2.93 bits per heavy atom. The van der Waals surface area contributed by atoms with Crippen molar-refractivity contribution < 1.29 is 4.79 Å². The van der Waals surface area contributed by atoms with Crippen molar-refractivity contribution in [2.45, 2.75) is 13.5 Å². The summed E-state index contributed by atoms with van der Waals surface area (Å²) in [5.74, 6) is -0.0308. The van der Waals surface area contributed by atoms with Gasteiger partial charge in [0.1, 0.15) is 5.78 Å². The molecule has 0 saturated heterocycles. The number of imidazole rings is 1. The number of carbonyl (C=O) groups is 1. The molecule has 0 saturated carbocycles. The molecule has 0 unspecified atom stereocenters. The van der Waals surface area contributed by atoms with Gasteiger partial charge < -0.3 is 4.57 Å². The molecule has 0 amide bonds. The molecule has 78 valence electrons. The van der Waals surface area contributed by atoms with Crippen LogP contribution in [0.15, 0.2) is 11.1 Å². The molecule has 0 fully saturated rings. The molecule has 7 nitrogen and oxygen atoms in total. The third-order valence-corrected chi connectivity index (χ3v) is 1.97. The molecule has 2 heterocycles. The van der Waals surface area contributed by atoms with Gasteiger partial charge in [-0.25, -0.2) is 9.67 Å². The van der Waals surface area contributed by atoms with Gasteiger partial charge in [-0.15, -0.1) is 5.10 Å². The lowest BCUT2D eigenvalue weighted by atomic mass is 10.4. The zero-order valence-electron chi connectivity index (χ0n) is 8.34. The van der Waals surface area contributed by atoms with Crippen molar-refractivity contribution in [3.8, 4) is 0 Å². The largest absolute Gasteiger partial charge is 0.306 e. The molecule has 0 aromatic carbocycles. The molecule has 2 rings (SSSR count). The quantitative estimate of drug-likeness (QED) is 0.638. The lowest BCUT2D eigenvalue weighted by molar-refractivity contribution is -0.117. The van der Waals surface area contributed by atoms with Gasteiger partial charge in [-0.05, 0) is 6.92 Å². The Bertz CT molecular complexity index is 582. The first-order valence-corrected chi connectivity index (χ1v) is 4.34. The number of aromatic nitrogens is 5. The maximum absolute atomic E-state index is 11.5. The van der Waals surface area contributed by atoms with Gasteiger partial charge in [-0.3, -0.25) is 9.59 Å². The monoisotopic (exact) mass is 207 g/mol. The normalized spacial score (nSPS) is 10.8. The van der Waals surface area contributed by atoms with Crippen LogP contribution in [0.5, 0.6) is 0 Å². The third-order valence-electron chi connectivity index (χ3n) is 1.97. The number of fused-ring (bicyclic) bond motifs is 1. The highest BCUT2D eigenvalue weighted by molar-refractivity contribution is 5.77. The van der Waals surface area contributed by atoms with Gasteiger partial charge in [0.15, 0.2) is 11.2 Å².